The Hall–Kier alpha value is -4.54. The number of nitrogens with one attached hydrogen (secondary N) is 2. The topological polar surface area (TPSA) is 120 Å². The highest BCUT2D eigenvalue weighted by atomic mass is 19.1. The van der Waals surface area contributed by atoms with Crippen molar-refractivity contribution in [1.29, 1.82) is 0 Å². The van der Waals surface area contributed by atoms with E-state index in [0.29, 0.717) is 58.6 Å². The monoisotopic (exact) mass is 540 g/mol. The molecule has 3 heterocycles. The van der Waals surface area contributed by atoms with Gasteiger partial charge in [-0.25, -0.2) is 9.37 Å². The molecular formula is C30H29FN6O3. The molecule has 0 radical (unpaired) electrons. The van der Waals surface area contributed by atoms with E-state index in [0.717, 1.165) is 30.8 Å². The van der Waals surface area contributed by atoms with Crippen LogP contribution >= 0.6 is 0 Å². The van der Waals surface area contributed by atoms with Crippen LogP contribution in [-0.2, 0) is 4.74 Å². The van der Waals surface area contributed by atoms with Gasteiger partial charge in [-0.1, -0.05) is 18.2 Å². The molecule has 1 saturated heterocycles. The summed E-state index contributed by atoms with van der Waals surface area (Å²) in [7, 11) is 1.69. The van der Waals surface area contributed by atoms with E-state index in [9.17, 15) is 14.0 Å². The van der Waals surface area contributed by atoms with Crippen LogP contribution in [0.4, 0.5) is 10.1 Å². The van der Waals surface area contributed by atoms with E-state index in [1.54, 1.807) is 43.5 Å². The summed E-state index contributed by atoms with van der Waals surface area (Å²) in [6, 6.07) is 17.0. The van der Waals surface area contributed by atoms with Crippen molar-refractivity contribution in [3.63, 3.8) is 0 Å². The van der Waals surface area contributed by atoms with Crippen molar-refractivity contribution < 1.29 is 13.9 Å². The molecule has 204 valence electrons. The number of carbonyl (C=O) groups is 1. The van der Waals surface area contributed by atoms with Crippen LogP contribution in [-0.4, -0.2) is 77.1 Å². The van der Waals surface area contributed by atoms with Crippen molar-refractivity contribution in [3.05, 3.63) is 82.4 Å². The second-order valence-electron chi connectivity index (χ2n) is 9.95. The van der Waals surface area contributed by atoms with Crippen LogP contribution < -0.4 is 11.3 Å². The zero-order chi connectivity index (χ0) is 27.8. The lowest BCUT2D eigenvalue weighted by Gasteiger charge is -2.34. The molecule has 6 rings (SSSR count). The van der Waals surface area contributed by atoms with E-state index in [2.05, 4.69) is 19.9 Å². The molecule has 0 atom stereocenters. The van der Waals surface area contributed by atoms with Gasteiger partial charge in [0.1, 0.15) is 5.82 Å². The standard InChI is InChI=1S/C30H29FN6O3/c1-40-15-14-36-10-12-37(13-11-36)30(39)20-5-8-23-22(16-20)26(32)27(33-23)28-29(38)35-24-9-4-19(17-25(24)34-28)18-2-6-21(31)7-3-18/h2-9,16-17,33H,10-15,32H2,1H3,(H,35,38). The predicted molar refractivity (Wildman–Crippen MR) is 154 cm³/mol. The molecule has 0 aliphatic carbocycles. The minimum Gasteiger partial charge on any atom is -0.396 e. The third-order valence-corrected chi connectivity index (χ3v) is 7.46. The van der Waals surface area contributed by atoms with Gasteiger partial charge in [0.25, 0.3) is 11.5 Å². The van der Waals surface area contributed by atoms with Crippen molar-refractivity contribution in [2.24, 2.45) is 0 Å². The van der Waals surface area contributed by atoms with E-state index in [-0.39, 0.29) is 23.0 Å². The average Bonchev–Trinajstić information content (AvgIpc) is 3.31. The van der Waals surface area contributed by atoms with Crippen LogP contribution in [0, 0.1) is 5.82 Å². The van der Waals surface area contributed by atoms with Crippen molar-refractivity contribution in [2.75, 3.05) is 52.2 Å². The molecular weight excluding hydrogens is 511 g/mol. The van der Waals surface area contributed by atoms with Gasteiger partial charge in [-0.3, -0.25) is 14.5 Å². The van der Waals surface area contributed by atoms with Gasteiger partial charge in [-0.05, 0) is 53.6 Å². The Balaban J connectivity index is 1.31. The minimum absolute atomic E-state index is 0.0505. The molecule has 2 aromatic heterocycles. The second-order valence-corrected chi connectivity index (χ2v) is 9.95. The molecule has 10 heteroatoms. The van der Waals surface area contributed by atoms with E-state index >= 15 is 0 Å². The summed E-state index contributed by atoms with van der Waals surface area (Å²) in [4.78, 5) is 41.2. The number of benzene rings is 3. The molecule has 0 saturated carbocycles. The predicted octanol–water partition coefficient (Wildman–Crippen LogP) is 3.86. The van der Waals surface area contributed by atoms with E-state index in [1.165, 1.54) is 12.1 Å². The van der Waals surface area contributed by atoms with Crippen LogP contribution in [0.25, 0.3) is 44.5 Å². The number of ether oxygens (including phenoxy) is 1. The Bertz CT molecular complexity index is 1770. The maximum atomic E-state index is 13.4. The summed E-state index contributed by atoms with van der Waals surface area (Å²) in [6.45, 7) is 4.41. The largest absolute Gasteiger partial charge is 0.396 e. The number of anilines is 1. The number of carbonyl (C=O) groups excluding carboxylic acids is 1. The first-order valence-electron chi connectivity index (χ1n) is 13.1. The van der Waals surface area contributed by atoms with Crippen LogP contribution in [0.5, 0.6) is 0 Å². The van der Waals surface area contributed by atoms with Gasteiger partial charge in [-0.2, -0.15) is 0 Å². The fraction of sp³-hybridized carbons (Fsp3) is 0.233. The number of hydrogen-bond acceptors (Lipinski definition) is 6. The Morgan fingerprint density at radius 1 is 0.975 bits per heavy atom. The Morgan fingerprint density at radius 2 is 1.70 bits per heavy atom. The van der Waals surface area contributed by atoms with Crippen molar-refractivity contribution in [3.8, 4) is 22.5 Å². The maximum absolute atomic E-state index is 13.4. The normalized spacial score (nSPS) is 14.3. The molecule has 4 N–H and O–H groups in total. The van der Waals surface area contributed by atoms with Crippen LogP contribution in [0.1, 0.15) is 10.4 Å². The van der Waals surface area contributed by atoms with Gasteiger partial charge in [0.15, 0.2) is 5.69 Å². The molecule has 1 amide bonds. The van der Waals surface area contributed by atoms with Gasteiger partial charge in [0.2, 0.25) is 0 Å². The van der Waals surface area contributed by atoms with Crippen LogP contribution in [0.15, 0.2) is 65.5 Å². The van der Waals surface area contributed by atoms with Crippen LogP contribution in [0.3, 0.4) is 0 Å². The fourth-order valence-corrected chi connectivity index (χ4v) is 5.18. The highest BCUT2D eigenvalue weighted by molar-refractivity contribution is 6.04. The van der Waals surface area contributed by atoms with Gasteiger partial charge < -0.3 is 25.3 Å². The summed E-state index contributed by atoms with van der Waals surface area (Å²) in [5, 5.41) is 0.654. The molecule has 40 heavy (non-hydrogen) atoms. The zero-order valence-corrected chi connectivity index (χ0v) is 22.0. The summed E-state index contributed by atoms with van der Waals surface area (Å²) in [5.74, 6) is -0.362. The third kappa shape index (κ3) is 4.83. The van der Waals surface area contributed by atoms with Gasteiger partial charge in [0.05, 0.1) is 29.0 Å². The van der Waals surface area contributed by atoms with Gasteiger partial charge >= 0.3 is 0 Å². The number of nitrogens with zero attached hydrogens (tertiary/aromatic N) is 3. The SMILES string of the molecule is COCCN1CCN(C(=O)c2ccc3[nH]c(-c4nc5cc(-c6ccc(F)cc6)ccc5[nH]c4=O)c(N)c3c2)CC1. The quantitative estimate of drug-likeness (QED) is 0.301. The molecule has 9 nitrogen and oxygen atoms in total. The average molecular weight is 541 g/mol. The summed E-state index contributed by atoms with van der Waals surface area (Å²) in [5.41, 5.74) is 11.1. The lowest BCUT2D eigenvalue weighted by Crippen LogP contribution is -2.49. The fourth-order valence-electron chi connectivity index (χ4n) is 5.18. The van der Waals surface area contributed by atoms with Gasteiger partial charge in [-0.15, -0.1) is 0 Å². The summed E-state index contributed by atoms with van der Waals surface area (Å²) in [6.07, 6.45) is 0. The Labute approximate surface area is 229 Å². The lowest BCUT2D eigenvalue weighted by atomic mass is 10.0. The third-order valence-electron chi connectivity index (χ3n) is 7.46. The van der Waals surface area contributed by atoms with E-state index in [1.807, 2.05) is 17.0 Å². The molecule has 0 unspecified atom stereocenters. The number of nitrogen functional groups attached to an aromatic ring is 1. The summed E-state index contributed by atoms with van der Waals surface area (Å²) < 4.78 is 18.5. The zero-order valence-electron chi connectivity index (χ0n) is 22.0. The molecule has 1 aliphatic heterocycles. The number of amides is 1. The molecule has 3 aromatic carbocycles. The number of H-pyrrole nitrogens is 2. The first kappa shape index (κ1) is 25.7. The first-order chi connectivity index (χ1) is 19.4. The number of nitrogens with two attached hydrogens (primary N) is 1. The van der Waals surface area contributed by atoms with Crippen molar-refractivity contribution in [1.82, 2.24) is 24.8 Å². The lowest BCUT2D eigenvalue weighted by molar-refractivity contribution is 0.0594. The van der Waals surface area contributed by atoms with Gasteiger partial charge in [0, 0.05) is 56.3 Å². The Kier molecular flexibility index (Phi) is 6.79. The molecule has 5 aromatic rings. The number of aromatic nitrogens is 3. The number of hydrogen-bond donors (Lipinski definition) is 3. The number of aromatic amines is 2. The number of fused-ring (bicyclic) bond motifs is 2. The smallest absolute Gasteiger partial charge is 0.276 e. The number of piperazine rings is 1. The van der Waals surface area contributed by atoms with Crippen molar-refractivity contribution >= 4 is 33.5 Å². The molecule has 0 spiro atoms. The number of rotatable bonds is 6. The Morgan fingerprint density at radius 3 is 2.45 bits per heavy atom. The number of halogens is 1. The van der Waals surface area contributed by atoms with E-state index < -0.39 is 0 Å². The molecule has 0 bridgehead atoms. The van der Waals surface area contributed by atoms with Crippen molar-refractivity contribution in [2.45, 2.75) is 0 Å². The maximum Gasteiger partial charge on any atom is 0.276 e. The molecule has 1 aliphatic rings. The highest BCUT2D eigenvalue weighted by Crippen LogP contribution is 2.32. The van der Waals surface area contributed by atoms with E-state index in [4.69, 9.17) is 10.5 Å². The molecule has 1 fully saturated rings. The number of methoxy groups -OCH3 is 1. The minimum atomic E-state index is -0.386. The van der Waals surface area contributed by atoms with Crippen LogP contribution in [0.2, 0.25) is 0 Å². The summed E-state index contributed by atoms with van der Waals surface area (Å²) >= 11 is 0. The first-order valence-corrected chi connectivity index (χ1v) is 13.1. The highest BCUT2D eigenvalue weighted by Gasteiger charge is 2.23. The second kappa shape index (κ2) is 10.6.